The van der Waals surface area contributed by atoms with Crippen LogP contribution < -0.4 is 0 Å². The summed E-state index contributed by atoms with van der Waals surface area (Å²) in [5, 5.41) is 0. The highest BCUT2D eigenvalue weighted by Crippen LogP contribution is 2.15. The molecule has 0 aromatic rings. The lowest BCUT2D eigenvalue weighted by Gasteiger charge is -2.18. The fourth-order valence-electron chi connectivity index (χ4n) is 8.03. The van der Waals surface area contributed by atoms with E-state index < -0.39 is 6.10 Å². The molecule has 1 atom stereocenters. The molecule has 0 aromatic carbocycles. The van der Waals surface area contributed by atoms with Gasteiger partial charge in [-0.25, -0.2) is 0 Å². The van der Waals surface area contributed by atoms with E-state index >= 15 is 0 Å². The van der Waals surface area contributed by atoms with Crippen LogP contribution in [-0.4, -0.2) is 37.2 Å². The molecular weight excluding hydrogens is 901 g/mol. The van der Waals surface area contributed by atoms with Gasteiger partial charge in [0.05, 0.1) is 0 Å². The average Bonchev–Trinajstić information content (AvgIpc) is 3.39. The van der Waals surface area contributed by atoms with Gasteiger partial charge in [-0.15, -0.1) is 0 Å². The van der Waals surface area contributed by atoms with Gasteiger partial charge in [0.15, 0.2) is 6.10 Å². The van der Waals surface area contributed by atoms with Crippen LogP contribution in [0.5, 0.6) is 0 Å². The Labute approximate surface area is 450 Å². The van der Waals surface area contributed by atoms with E-state index in [1.54, 1.807) is 0 Å². The lowest BCUT2D eigenvalue weighted by molar-refractivity contribution is -0.167. The van der Waals surface area contributed by atoms with Gasteiger partial charge in [-0.05, 0) is 109 Å². The predicted octanol–water partition coefficient (Wildman–Crippen LogP) is 20.4. The number of rotatable bonds is 53. The van der Waals surface area contributed by atoms with E-state index in [-0.39, 0.29) is 31.1 Å². The zero-order valence-electron chi connectivity index (χ0n) is 47.4. The standard InChI is InChI=1S/C67H110O6/c1-4-7-10-13-15-17-19-21-23-25-27-29-31-32-33-34-36-37-39-41-43-45-47-49-51-54-57-60-66(69)72-63-64(62-71-65(68)59-56-53-12-9-6-3)73-67(70)61-58-55-52-50-48-46-44-42-40-38-35-30-28-26-24-22-20-18-16-14-11-8-5-2/h7-8,10-11,15-18,21-24,27-30,32-33,36-37,64H,4-6,9,12-14,19-20,25-26,31,34-35,38-63H2,1-3H3/b10-7-,11-8-,17-15-,18-16-,23-21-,24-22-,29-27-,30-28-,33-32-,37-36-. The Morgan fingerprint density at radius 1 is 0.288 bits per heavy atom. The van der Waals surface area contributed by atoms with Crippen LogP contribution in [0.2, 0.25) is 0 Å². The summed E-state index contributed by atoms with van der Waals surface area (Å²) < 4.78 is 16.7. The van der Waals surface area contributed by atoms with Crippen LogP contribution in [0.25, 0.3) is 0 Å². The van der Waals surface area contributed by atoms with Crippen LogP contribution in [0.1, 0.15) is 265 Å². The highest BCUT2D eigenvalue weighted by Gasteiger charge is 2.19. The van der Waals surface area contributed by atoms with Gasteiger partial charge in [0, 0.05) is 19.3 Å². The number of carbonyl (C=O) groups excluding carboxylic acids is 3. The number of ether oxygens (including phenoxy) is 3. The van der Waals surface area contributed by atoms with Crippen molar-refractivity contribution in [3.63, 3.8) is 0 Å². The molecule has 414 valence electrons. The molecule has 6 nitrogen and oxygen atoms in total. The summed E-state index contributed by atoms with van der Waals surface area (Å²) >= 11 is 0. The molecule has 6 heteroatoms. The molecule has 0 aromatic heterocycles. The molecule has 0 amide bonds. The average molecular weight is 1010 g/mol. The van der Waals surface area contributed by atoms with Crippen LogP contribution in [0.3, 0.4) is 0 Å². The molecule has 0 rings (SSSR count). The Bertz CT molecular complexity index is 1540. The Kier molecular flexibility index (Phi) is 56.9. The Morgan fingerprint density at radius 3 is 0.836 bits per heavy atom. The normalized spacial score (nSPS) is 13.0. The van der Waals surface area contributed by atoms with Gasteiger partial charge in [0.1, 0.15) is 13.2 Å². The molecule has 0 aliphatic heterocycles. The van der Waals surface area contributed by atoms with E-state index in [0.29, 0.717) is 19.3 Å². The van der Waals surface area contributed by atoms with Gasteiger partial charge in [0.25, 0.3) is 0 Å². The molecule has 0 N–H and O–H groups in total. The summed E-state index contributed by atoms with van der Waals surface area (Å²) in [7, 11) is 0. The number of hydrogen-bond acceptors (Lipinski definition) is 6. The van der Waals surface area contributed by atoms with Gasteiger partial charge in [-0.3, -0.25) is 14.4 Å². The summed E-state index contributed by atoms with van der Waals surface area (Å²) in [6, 6.07) is 0. The smallest absolute Gasteiger partial charge is 0.306 e. The number of carbonyl (C=O) groups is 3. The monoisotopic (exact) mass is 1010 g/mol. The third-order valence-electron chi connectivity index (χ3n) is 12.5. The van der Waals surface area contributed by atoms with Crippen molar-refractivity contribution in [3.05, 3.63) is 122 Å². The van der Waals surface area contributed by atoms with Crippen LogP contribution in [-0.2, 0) is 28.6 Å². The molecule has 0 bridgehead atoms. The van der Waals surface area contributed by atoms with Gasteiger partial charge >= 0.3 is 17.9 Å². The molecular formula is C67H110O6. The fraction of sp³-hybridized carbons (Fsp3) is 0.657. The molecule has 0 saturated heterocycles. The maximum atomic E-state index is 12.8. The molecule has 0 heterocycles. The predicted molar refractivity (Wildman–Crippen MR) is 316 cm³/mol. The van der Waals surface area contributed by atoms with Crippen molar-refractivity contribution in [2.45, 2.75) is 271 Å². The van der Waals surface area contributed by atoms with Crippen LogP contribution in [0, 0.1) is 0 Å². The zero-order chi connectivity index (χ0) is 52.9. The van der Waals surface area contributed by atoms with Crippen LogP contribution >= 0.6 is 0 Å². The highest BCUT2D eigenvalue weighted by atomic mass is 16.6. The SMILES string of the molecule is CC/C=C\C/C=C\C/C=C\C/C=C\C/C=C\C/C=C\CCCCCCCCCCC(=O)OCC(COC(=O)CCCCCCC)OC(=O)CCCCCCCCCCCC/C=C\C/C=C\C/C=C\C/C=C\CC. The molecule has 1 unspecified atom stereocenters. The highest BCUT2D eigenvalue weighted by molar-refractivity contribution is 5.71. The van der Waals surface area contributed by atoms with E-state index in [1.807, 2.05) is 0 Å². The molecule has 73 heavy (non-hydrogen) atoms. The first-order chi connectivity index (χ1) is 36.0. The van der Waals surface area contributed by atoms with Crippen molar-refractivity contribution in [3.8, 4) is 0 Å². The van der Waals surface area contributed by atoms with Gasteiger partial charge in [0.2, 0.25) is 0 Å². The minimum absolute atomic E-state index is 0.0847. The van der Waals surface area contributed by atoms with E-state index in [2.05, 4.69) is 142 Å². The Morgan fingerprint density at radius 2 is 0.534 bits per heavy atom. The van der Waals surface area contributed by atoms with Crippen molar-refractivity contribution in [2.24, 2.45) is 0 Å². The molecule has 0 radical (unpaired) electrons. The van der Waals surface area contributed by atoms with Crippen LogP contribution in [0.4, 0.5) is 0 Å². The lowest BCUT2D eigenvalue weighted by Crippen LogP contribution is -2.30. The van der Waals surface area contributed by atoms with E-state index in [9.17, 15) is 14.4 Å². The lowest BCUT2D eigenvalue weighted by atomic mass is 10.0. The molecule has 0 fully saturated rings. The molecule has 0 aliphatic carbocycles. The third kappa shape index (κ3) is 58.6. The maximum Gasteiger partial charge on any atom is 0.306 e. The Balaban J connectivity index is 4.12. The van der Waals surface area contributed by atoms with Gasteiger partial charge < -0.3 is 14.2 Å². The number of hydrogen-bond donors (Lipinski definition) is 0. The largest absolute Gasteiger partial charge is 0.462 e. The van der Waals surface area contributed by atoms with Gasteiger partial charge in [-0.2, -0.15) is 0 Å². The first-order valence-corrected chi connectivity index (χ1v) is 30.0. The molecule has 0 aliphatic rings. The second kappa shape index (κ2) is 60.4. The van der Waals surface area contributed by atoms with E-state index in [0.717, 1.165) is 135 Å². The van der Waals surface area contributed by atoms with Crippen molar-refractivity contribution in [1.29, 1.82) is 0 Å². The minimum atomic E-state index is -0.784. The van der Waals surface area contributed by atoms with Crippen molar-refractivity contribution >= 4 is 17.9 Å². The fourth-order valence-corrected chi connectivity index (χ4v) is 8.03. The van der Waals surface area contributed by atoms with E-state index in [4.69, 9.17) is 14.2 Å². The maximum absolute atomic E-state index is 12.8. The van der Waals surface area contributed by atoms with Gasteiger partial charge in [-0.1, -0.05) is 258 Å². The summed E-state index contributed by atoms with van der Waals surface area (Å²) in [5.74, 6) is -0.911. The summed E-state index contributed by atoms with van der Waals surface area (Å²) in [6.07, 6.45) is 83.8. The van der Waals surface area contributed by atoms with Crippen molar-refractivity contribution in [1.82, 2.24) is 0 Å². The zero-order valence-corrected chi connectivity index (χ0v) is 47.4. The third-order valence-corrected chi connectivity index (χ3v) is 12.5. The minimum Gasteiger partial charge on any atom is -0.462 e. The summed E-state index contributed by atoms with van der Waals surface area (Å²) in [5.41, 5.74) is 0. The first-order valence-electron chi connectivity index (χ1n) is 30.0. The van der Waals surface area contributed by atoms with Crippen LogP contribution in [0.15, 0.2) is 122 Å². The topological polar surface area (TPSA) is 78.9 Å². The van der Waals surface area contributed by atoms with E-state index in [1.165, 1.54) is 89.9 Å². The van der Waals surface area contributed by atoms with Crippen molar-refractivity contribution < 1.29 is 28.6 Å². The molecule has 0 spiro atoms. The number of unbranched alkanes of at least 4 members (excludes halogenated alkanes) is 22. The second-order valence-electron chi connectivity index (χ2n) is 19.5. The summed E-state index contributed by atoms with van der Waals surface area (Å²) in [6.45, 7) is 6.32. The first kappa shape index (κ1) is 68.8. The number of esters is 3. The molecule has 0 saturated carbocycles. The summed E-state index contributed by atoms with van der Waals surface area (Å²) in [4.78, 5) is 37.9. The van der Waals surface area contributed by atoms with Crippen molar-refractivity contribution in [2.75, 3.05) is 13.2 Å². The quantitative estimate of drug-likeness (QED) is 0.0261. The second-order valence-corrected chi connectivity index (χ2v) is 19.5. The number of allylic oxidation sites excluding steroid dienone is 20. The Hall–Kier alpha value is -4.19.